The Labute approximate surface area is 655 Å². The van der Waals surface area contributed by atoms with Crippen molar-refractivity contribution in [1.82, 2.24) is 0 Å². The number of allylic oxidation sites excluding steroid dienone is 26. The minimum Gasteiger partial charge on any atom is -0.462 e. The summed E-state index contributed by atoms with van der Waals surface area (Å²) >= 11 is 0. The number of rotatable bonds is 77. The molecule has 5 atom stereocenters. The fraction of sp³-hybridized carbons (Fsp3) is 0.663. The Bertz CT molecular complexity index is 2660. The van der Waals surface area contributed by atoms with Crippen LogP contribution in [0.25, 0.3) is 0 Å². The van der Waals surface area contributed by atoms with Gasteiger partial charge in [0, 0.05) is 25.7 Å². The smallest absolute Gasteiger partial charge is 0.462 e. The standard InChI is InChI=1S/C89H148O17P2/c1-5-9-13-17-21-25-29-33-37-39-41-43-47-49-53-57-61-65-69-73-86(91)99-79-84(105-88(93)75-71-67-63-59-55-51-45-35-31-27-23-19-15-11-7-3)81-103-107(95,96)101-77-83(90)78-102-108(97,98)104-82-85(106-89(94)76-72-68-64-60-56-52-46-36-32-28-24-20-16-12-8-4)80-100-87(92)74-70-66-62-58-54-50-48-44-42-40-38-34-30-26-22-18-14-10-6-2/h9-10,13-14,21-22,25-27,31,33-34,36-38,41-44,46,49-50,53-54,61,65,83-85,90H,5-8,11-12,15-20,23-24,28-30,32,35,39-40,45,47-48,51-52,55-60,62-64,66-82H2,1-4H3,(H,95,96)(H,97,98)/b13-9-,14-10-,25-21-,26-22-,31-27-,37-33-,38-34-,43-41-,44-42-,46-36-,53-49-,54-50-,65-61-/t83-,84-,85-/m1/s1. The molecule has 0 bridgehead atoms. The van der Waals surface area contributed by atoms with Crippen LogP contribution in [-0.4, -0.2) is 96.7 Å². The molecule has 0 saturated heterocycles. The number of phosphoric acid groups is 2. The second kappa shape index (κ2) is 79.8. The number of carbonyl (C=O) groups is 4. The minimum atomic E-state index is -5.00. The Hall–Kier alpha value is -5.32. The van der Waals surface area contributed by atoms with Crippen LogP contribution in [0.5, 0.6) is 0 Å². The summed E-state index contributed by atoms with van der Waals surface area (Å²) in [6.07, 6.45) is 93.7. The molecule has 0 spiro atoms. The van der Waals surface area contributed by atoms with Crippen LogP contribution < -0.4 is 0 Å². The van der Waals surface area contributed by atoms with Crippen LogP contribution in [0, 0.1) is 0 Å². The average molecular weight is 1550 g/mol. The Balaban J connectivity index is 5.47. The van der Waals surface area contributed by atoms with Crippen molar-refractivity contribution in [3.05, 3.63) is 158 Å². The van der Waals surface area contributed by atoms with Crippen molar-refractivity contribution >= 4 is 39.5 Å². The molecule has 2 unspecified atom stereocenters. The van der Waals surface area contributed by atoms with Crippen LogP contribution in [0.4, 0.5) is 0 Å². The van der Waals surface area contributed by atoms with Crippen molar-refractivity contribution in [2.24, 2.45) is 0 Å². The van der Waals surface area contributed by atoms with Gasteiger partial charge < -0.3 is 33.8 Å². The van der Waals surface area contributed by atoms with E-state index in [1.54, 1.807) is 0 Å². The van der Waals surface area contributed by atoms with Gasteiger partial charge in [-0.05, 0) is 161 Å². The molecule has 616 valence electrons. The van der Waals surface area contributed by atoms with Crippen molar-refractivity contribution in [3.8, 4) is 0 Å². The lowest BCUT2D eigenvalue weighted by Gasteiger charge is -2.21. The molecule has 0 fully saturated rings. The first-order valence-electron chi connectivity index (χ1n) is 41.7. The molecule has 0 aliphatic heterocycles. The predicted octanol–water partition coefficient (Wildman–Crippen LogP) is 24.8. The summed E-state index contributed by atoms with van der Waals surface area (Å²) in [7, 11) is -10.0. The lowest BCUT2D eigenvalue weighted by molar-refractivity contribution is -0.161. The lowest BCUT2D eigenvalue weighted by Crippen LogP contribution is -2.30. The van der Waals surface area contributed by atoms with Gasteiger partial charge in [0.2, 0.25) is 0 Å². The van der Waals surface area contributed by atoms with Gasteiger partial charge in [0.25, 0.3) is 0 Å². The summed E-state index contributed by atoms with van der Waals surface area (Å²) in [5.41, 5.74) is 0. The number of carbonyl (C=O) groups excluding carboxylic acids is 4. The van der Waals surface area contributed by atoms with E-state index in [9.17, 15) is 43.2 Å². The van der Waals surface area contributed by atoms with Crippen molar-refractivity contribution in [3.63, 3.8) is 0 Å². The monoisotopic (exact) mass is 1550 g/mol. The number of unbranched alkanes of at least 4 members (excludes halogenated alkanes) is 25. The molecule has 0 saturated carbocycles. The number of aliphatic hydroxyl groups is 1. The van der Waals surface area contributed by atoms with Gasteiger partial charge >= 0.3 is 39.5 Å². The van der Waals surface area contributed by atoms with Gasteiger partial charge in [-0.2, -0.15) is 0 Å². The number of hydrogen-bond acceptors (Lipinski definition) is 15. The van der Waals surface area contributed by atoms with E-state index in [1.165, 1.54) is 64.2 Å². The highest BCUT2D eigenvalue weighted by Gasteiger charge is 2.30. The largest absolute Gasteiger partial charge is 0.472 e. The van der Waals surface area contributed by atoms with E-state index in [0.717, 1.165) is 173 Å². The Kier molecular flexibility index (Phi) is 75.8. The zero-order valence-electron chi connectivity index (χ0n) is 67.5. The van der Waals surface area contributed by atoms with Crippen molar-refractivity contribution in [2.45, 2.75) is 341 Å². The van der Waals surface area contributed by atoms with Gasteiger partial charge in [-0.3, -0.25) is 37.3 Å². The molecule has 0 heterocycles. The van der Waals surface area contributed by atoms with Crippen LogP contribution in [0.1, 0.15) is 323 Å². The van der Waals surface area contributed by atoms with Gasteiger partial charge in [-0.15, -0.1) is 0 Å². The van der Waals surface area contributed by atoms with E-state index < -0.39 is 97.5 Å². The Morgan fingerprint density at radius 2 is 0.500 bits per heavy atom. The third-order valence-electron chi connectivity index (χ3n) is 17.0. The number of esters is 4. The van der Waals surface area contributed by atoms with Crippen molar-refractivity contribution in [2.75, 3.05) is 39.6 Å². The Morgan fingerprint density at radius 1 is 0.269 bits per heavy atom. The Morgan fingerprint density at radius 3 is 0.824 bits per heavy atom. The summed E-state index contributed by atoms with van der Waals surface area (Å²) in [5.74, 6) is -2.32. The summed E-state index contributed by atoms with van der Waals surface area (Å²) in [6, 6.07) is 0. The fourth-order valence-electron chi connectivity index (χ4n) is 10.7. The summed E-state index contributed by atoms with van der Waals surface area (Å²) in [5, 5.41) is 10.7. The molecule has 3 N–H and O–H groups in total. The van der Waals surface area contributed by atoms with E-state index in [1.807, 2.05) is 18.2 Å². The zero-order chi connectivity index (χ0) is 78.9. The third kappa shape index (κ3) is 78.8. The van der Waals surface area contributed by atoms with E-state index in [0.29, 0.717) is 32.1 Å². The number of phosphoric ester groups is 2. The second-order valence-corrected chi connectivity index (χ2v) is 30.2. The maximum atomic E-state index is 13.1. The quantitative estimate of drug-likeness (QED) is 0.0169. The lowest BCUT2D eigenvalue weighted by atomic mass is 10.1. The number of hydrogen-bond donors (Lipinski definition) is 3. The molecule has 108 heavy (non-hydrogen) atoms. The molecule has 19 heteroatoms. The molecule has 0 rings (SSSR count). The average Bonchev–Trinajstić information content (AvgIpc) is 0.923. The normalized spacial score (nSPS) is 14.6. The van der Waals surface area contributed by atoms with Crippen LogP contribution >= 0.6 is 15.6 Å². The highest BCUT2D eigenvalue weighted by Crippen LogP contribution is 2.45. The van der Waals surface area contributed by atoms with Gasteiger partial charge in [-0.25, -0.2) is 9.13 Å². The van der Waals surface area contributed by atoms with Crippen LogP contribution in [0.3, 0.4) is 0 Å². The summed E-state index contributed by atoms with van der Waals surface area (Å²) in [4.78, 5) is 73.1. The summed E-state index contributed by atoms with van der Waals surface area (Å²) < 4.78 is 68.6. The molecule has 0 aliphatic carbocycles. The first-order valence-corrected chi connectivity index (χ1v) is 44.7. The topological polar surface area (TPSA) is 237 Å². The second-order valence-electron chi connectivity index (χ2n) is 27.3. The minimum absolute atomic E-state index is 0.0310. The predicted molar refractivity (Wildman–Crippen MR) is 445 cm³/mol. The van der Waals surface area contributed by atoms with E-state index in [-0.39, 0.29) is 25.7 Å². The summed E-state index contributed by atoms with van der Waals surface area (Å²) in [6.45, 7) is 4.51. The molecule has 0 amide bonds. The van der Waals surface area contributed by atoms with Crippen molar-refractivity contribution < 1.29 is 80.2 Å². The van der Waals surface area contributed by atoms with Gasteiger partial charge in [0.05, 0.1) is 26.4 Å². The number of aliphatic hydroxyl groups excluding tert-OH is 1. The molecule has 0 aromatic heterocycles. The van der Waals surface area contributed by atoms with E-state index in [4.69, 9.17) is 37.0 Å². The molecular weight excluding hydrogens is 1400 g/mol. The van der Waals surface area contributed by atoms with Crippen LogP contribution in [0.2, 0.25) is 0 Å². The van der Waals surface area contributed by atoms with Gasteiger partial charge in [0.15, 0.2) is 12.2 Å². The maximum absolute atomic E-state index is 13.1. The molecule has 0 radical (unpaired) electrons. The van der Waals surface area contributed by atoms with E-state index in [2.05, 4.69) is 167 Å². The van der Waals surface area contributed by atoms with Crippen LogP contribution in [-0.2, 0) is 65.4 Å². The van der Waals surface area contributed by atoms with E-state index >= 15 is 0 Å². The molecule has 0 aromatic carbocycles. The maximum Gasteiger partial charge on any atom is 0.472 e. The fourth-order valence-corrected chi connectivity index (χ4v) is 12.3. The van der Waals surface area contributed by atoms with Gasteiger partial charge in [0.1, 0.15) is 19.3 Å². The van der Waals surface area contributed by atoms with Gasteiger partial charge in [-0.1, -0.05) is 295 Å². The molecule has 0 aromatic rings. The first kappa shape index (κ1) is 103. The highest BCUT2D eigenvalue weighted by atomic mass is 31.2. The molecule has 17 nitrogen and oxygen atoms in total. The molecule has 0 aliphatic rings. The van der Waals surface area contributed by atoms with Crippen molar-refractivity contribution in [1.29, 1.82) is 0 Å². The number of ether oxygens (including phenoxy) is 4. The molecular formula is C89H148O17P2. The SMILES string of the molecule is CC/C=C\C/C=C\C/C=C\C/C=C\C/C=C\C/C=C\CCC(=O)OC[C@H](COP(=O)(O)OC[C@@H](O)COP(=O)(O)OC[C@@H](COC(=O)CCCCC/C=C\C/C=C\C/C=C\C/C=C\C/C=C\CC)OC(=O)CCCCCCC/C=C\CCCCCCCC)OC(=O)CCCCCCCCC/C=C\CCCCCC. The highest BCUT2D eigenvalue weighted by molar-refractivity contribution is 7.47. The first-order chi connectivity index (χ1) is 52.7. The third-order valence-corrected chi connectivity index (χ3v) is 18.9. The van der Waals surface area contributed by atoms with Crippen LogP contribution in [0.15, 0.2) is 158 Å². The zero-order valence-corrected chi connectivity index (χ0v) is 69.3.